The predicted octanol–water partition coefficient (Wildman–Crippen LogP) is 4.54. The van der Waals surface area contributed by atoms with E-state index in [9.17, 15) is 14.7 Å². The van der Waals surface area contributed by atoms with Gasteiger partial charge in [0.2, 0.25) is 0 Å². The fourth-order valence-corrected chi connectivity index (χ4v) is 3.66. The standard InChI is InChI=1S/C23H19NO5/c1-28-22(26)19-12-14(25)10-11-21(19)24-23(27)29-13-20-17-8-4-2-6-15(17)16-7-3-5-9-18(16)20/h2-12,20,25H,13H2,1H3,(H,24,27). The van der Waals surface area contributed by atoms with Gasteiger partial charge in [-0.1, -0.05) is 48.5 Å². The maximum Gasteiger partial charge on any atom is 0.411 e. The number of phenolic OH excluding ortho intramolecular Hbond substituents is 1. The molecule has 1 aliphatic rings. The largest absolute Gasteiger partial charge is 0.508 e. The molecular formula is C23H19NO5. The molecule has 0 saturated carbocycles. The Labute approximate surface area is 167 Å². The summed E-state index contributed by atoms with van der Waals surface area (Å²) >= 11 is 0. The zero-order valence-electron chi connectivity index (χ0n) is 15.7. The molecule has 146 valence electrons. The van der Waals surface area contributed by atoms with Gasteiger partial charge in [-0.2, -0.15) is 0 Å². The molecule has 3 aromatic rings. The highest BCUT2D eigenvalue weighted by atomic mass is 16.5. The first kappa shape index (κ1) is 18.6. The highest BCUT2D eigenvalue weighted by molar-refractivity contribution is 6.00. The average Bonchev–Trinajstić information content (AvgIpc) is 3.07. The number of rotatable bonds is 4. The Balaban J connectivity index is 1.51. The normalized spacial score (nSPS) is 12.0. The van der Waals surface area contributed by atoms with E-state index in [-0.39, 0.29) is 29.5 Å². The van der Waals surface area contributed by atoms with Crippen LogP contribution in [-0.2, 0) is 9.47 Å². The Morgan fingerprint density at radius 1 is 0.966 bits per heavy atom. The number of hydrogen-bond acceptors (Lipinski definition) is 5. The van der Waals surface area contributed by atoms with Crippen molar-refractivity contribution in [2.75, 3.05) is 19.0 Å². The summed E-state index contributed by atoms with van der Waals surface area (Å²) in [5.41, 5.74) is 4.75. The summed E-state index contributed by atoms with van der Waals surface area (Å²) in [6.45, 7) is 0.158. The molecule has 6 heteroatoms. The number of ether oxygens (including phenoxy) is 2. The molecule has 0 atom stereocenters. The predicted molar refractivity (Wildman–Crippen MR) is 108 cm³/mol. The number of fused-ring (bicyclic) bond motifs is 3. The van der Waals surface area contributed by atoms with Crippen molar-refractivity contribution in [3.8, 4) is 16.9 Å². The molecule has 0 fully saturated rings. The highest BCUT2D eigenvalue weighted by Crippen LogP contribution is 2.44. The van der Waals surface area contributed by atoms with Gasteiger partial charge >= 0.3 is 12.1 Å². The molecule has 0 heterocycles. The molecule has 6 nitrogen and oxygen atoms in total. The minimum absolute atomic E-state index is 0.0426. The number of carbonyl (C=O) groups is 2. The van der Waals surface area contributed by atoms with E-state index in [1.807, 2.05) is 36.4 Å². The molecule has 0 bridgehead atoms. The number of phenols is 1. The van der Waals surface area contributed by atoms with Crippen molar-refractivity contribution >= 4 is 17.7 Å². The van der Waals surface area contributed by atoms with Gasteiger partial charge in [0, 0.05) is 5.92 Å². The van der Waals surface area contributed by atoms with E-state index >= 15 is 0 Å². The first-order chi connectivity index (χ1) is 14.1. The van der Waals surface area contributed by atoms with Gasteiger partial charge in [-0.15, -0.1) is 0 Å². The number of amides is 1. The Morgan fingerprint density at radius 3 is 2.21 bits per heavy atom. The minimum Gasteiger partial charge on any atom is -0.508 e. The van der Waals surface area contributed by atoms with Crippen LogP contribution in [0.2, 0.25) is 0 Å². The second-order valence-electron chi connectivity index (χ2n) is 6.67. The summed E-state index contributed by atoms with van der Waals surface area (Å²) in [5.74, 6) is -0.841. The number of esters is 1. The first-order valence-corrected chi connectivity index (χ1v) is 9.12. The van der Waals surface area contributed by atoms with Gasteiger partial charge in [-0.25, -0.2) is 9.59 Å². The summed E-state index contributed by atoms with van der Waals surface area (Å²) in [4.78, 5) is 24.3. The van der Waals surface area contributed by atoms with Gasteiger partial charge in [0.15, 0.2) is 0 Å². The van der Waals surface area contributed by atoms with Crippen LogP contribution < -0.4 is 5.32 Å². The van der Waals surface area contributed by atoms with E-state index in [1.54, 1.807) is 0 Å². The van der Waals surface area contributed by atoms with Gasteiger partial charge in [0.1, 0.15) is 12.4 Å². The van der Waals surface area contributed by atoms with Gasteiger partial charge in [-0.05, 0) is 40.5 Å². The van der Waals surface area contributed by atoms with Crippen LogP contribution in [-0.4, -0.2) is 30.9 Å². The lowest BCUT2D eigenvalue weighted by molar-refractivity contribution is 0.0601. The smallest absolute Gasteiger partial charge is 0.411 e. The maximum atomic E-state index is 12.4. The van der Waals surface area contributed by atoms with Gasteiger partial charge in [0.25, 0.3) is 0 Å². The third-order valence-electron chi connectivity index (χ3n) is 4.99. The average molecular weight is 389 g/mol. The molecular weight excluding hydrogens is 370 g/mol. The molecule has 4 rings (SSSR count). The fourth-order valence-electron chi connectivity index (χ4n) is 3.66. The van der Waals surface area contributed by atoms with Crippen LogP contribution in [0.25, 0.3) is 11.1 Å². The lowest BCUT2D eigenvalue weighted by Crippen LogP contribution is -2.19. The van der Waals surface area contributed by atoms with Crippen molar-refractivity contribution in [1.29, 1.82) is 0 Å². The van der Waals surface area contributed by atoms with E-state index in [0.29, 0.717) is 0 Å². The molecule has 0 unspecified atom stereocenters. The van der Waals surface area contributed by atoms with Crippen LogP contribution in [0.5, 0.6) is 5.75 Å². The molecule has 0 spiro atoms. The Hall–Kier alpha value is -3.80. The third kappa shape index (κ3) is 3.52. The van der Waals surface area contributed by atoms with Crippen LogP contribution in [0.15, 0.2) is 66.7 Å². The van der Waals surface area contributed by atoms with E-state index in [2.05, 4.69) is 17.4 Å². The fraction of sp³-hybridized carbons (Fsp3) is 0.130. The molecule has 0 radical (unpaired) electrons. The van der Waals surface area contributed by atoms with Crippen LogP contribution in [0.1, 0.15) is 27.4 Å². The van der Waals surface area contributed by atoms with E-state index in [1.165, 1.54) is 25.3 Å². The van der Waals surface area contributed by atoms with Gasteiger partial charge in [-0.3, -0.25) is 5.32 Å². The molecule has 0 saturated heterocycles. The molecule has 1 amide bonds. The number of hydrogen-bond donors (Lipinski definition) is 2. The van der Waals surface area contributed by atoms with Crippen molar-refractivity contribution in [3.63, 3.8) is 0 Å². The summed E-state index contributed by atoms with van der Waals surface area (Å²) < 4.78 is 10.2. The Morgan fingerprint density at radius 2 is 1.59 bits per heavy atom. The Bertz CT molecular complexity index is 1050. The van der Waals surface area contributed by atoms with Gasteiger partial charge < -0.3 is 14.6 Å². The van der Waals surface area contributed by atoms with Crippen LogP contribution in [0.4, 0.5) is 10.5 Å². The van der Waals surface area contributed by atoms with Crippen molar-refractivity contribution in [1.82, 2.24) is 0 Å². The number of anilines is 1. The number of aromatic hydroxyl groups is 1. The van der Waals surface area contributed by atoms with Crippen LogP contribution in [0, 0.1) is 0 Å². The Kier molecular flexibility index (Phi) is 4.91. The lowest BCUT2D eigenvalue weighted by Gasteiger charge is -2.15. The number of nitrogens with one attached hydrogen (secondary N) is 1. The second kappa shape index (κ2) is 7.67. The van der Waals surface area contributed by atoms with Crippen molar-refractivity contribution in [2.24, 2.45) is 0 Å². The molecule has 1 aliphatic carbocycles. The summed E-state index contributed by atoms with van der Waals surface area (Å²) in [5, 5.41) is 12.1. The summed E-state index contributed by atoms with van der Waals surface area (Å²) in [6, 6.07) is 20.1. The molecule has 29 heavy (non-hydrogen) atoms. The number of methoxy groups -OCH3 is 1. The summed E-state index contributed by atoms with van der Waals surface area (Å²) in [7, 11) is 1.23. The maximum absolute atomic E-state index is 12.4. The summed E-state index contributed by atoms with van der Waals surface area (Å²) in [6.07, 6.45) is -0.692. The quantitative estimate of drug-likeness (QED) is 0.505. The molecule has 3 aromatic carbocycles. The van der Waals surface area contributed by atoms with E-state index < -0.39 is 12.1 Å². The third-order valence-corrected chi connectivity index (χ3v) is 4.99. The first-order valence-electron chi connectivity index (χ1n) is 9.12. The lowest BCUT2D eigenvalue weighted by atomic mass is 9.98. The monoisotopic (exact) mass is 389 g/mol. The van der Waals surface area contributed by atoms with Crippen molar-refractivity contribution in [3.05, 3.63) is 83.4 Å². The van der Waals surface area contributed by atoms with E-state index in [4.69, 9.17) is 9.47 Å². The number of carbonyl (C=O) groups excluding carboxylic acids is 2. The van der Waals surface area contributed by atoms with Crippen LogP contribution in [0.3, 0.4) is 0 Å². The minimum atomic E-state index is -0.692. The molecule has 2 N–H and O–H groups in total. The highest BCUT2D eigenvalue weighted by Gasteiger charge is 2.29. The zero-order valence-corrected chi connectivity index (χ0v) is 15.7. The van der Waals surface area contributed by atoms with Crippen molar-refractivity contribution in [2.45, 2.75) is 5.92 Å². The molecule has 0 aromatic heterocycles. The SMILES string of the molecule is COC(=O)c1cc(O)ccc1NC(=O)OCC1c2ccccc2-c2ccccc21. The topological polar surface area (TPSA) is 84.9 Å². The van der Waals surface area contributed by atoms with Crippen LogP contribution >= 0.6 is 0 Å². The zero-order chi connectivity index (χ0) is 20.4. The van der Waals surface area contributed by atoms with Crippen molar-refractivity contribution < 1.29 is 24.2 Å². The van der Waals surface area contributed by atoms with E-state index in [0.717, 1.165) is 22.3 Å². The second-order valence-corrected chi connectivity index (χ2v) is 6.67. The molecule has 0 aliphatic heterocycles. The van der Waals surface area contributed by atoms with Gasteiger partial charge in [0.05, 0.1) is 18.4 Å². The number of benzene rings is 3.